The molecule has 2 unspecified atom stereocenters. The van der Waals surface area contributed by atoms with Crippen LogP contribution in [0.15, 0.2) is 0 Å². The minimum Gasteiger partial charge on any atom is -0.395 e. The maximum absolute atomic E-state index is 9.17. The molecule has 1 fully saturated rings. The van der Waals surface area contributed by atoms with Gasteiger partial charge in [0.25, 0.3) is 0 Å². The molecular weight excluding hydrogens is 176 g/mol. The third kappa shape index (κ3) is 3.56. The van der Waals surface area contributed by atoms with Gasteiger partial charge in [-0.1, -0.05) is 13.8 Å². The van der Waals surface area contributed by atoms with Gasteiger partial charge < -0.3 is 10.4 Å². The highest BCUT2D eigenvalue weighted by atomic mass is 16.3. The van der Waals surface area contributed by atoms with Crippen molar-refractivity contribution in [3.8, 4) is 0 Å². The molecular formula is C11H24N2O. The van der Waals surface area contributed by atoms with E-state index in [-0.39, 0.29) is 0 Å². The lowest BCUT2D eigenvalue weighted by Gasteiger charge is -2.26. The normalized spacial score (nSPS) is 25.5. The van der Waals surface area contributed by atoms with Gasteiger partial charge >= 0.3 is 0 Å². The third-order valence-electron chi connectivity index (χ3n) is 3.00. The molecule has 1 rings (SSSR count). The molecule has 0 aromatic carbocycles. The molecule has 0 saturated carbocycles. The van der Waals surface area contributed by atoms with Crippen LogP contribution in [0.3, 0.4) is 0 Å². The van der Waals surface area contributed by atoms with Crippen molar-refractivity contribution in [1.82, 2.24) is 10.2 Å². The largest absolute Gasteiger partial charge is 0.395 e. The van der Waals surface area contributed by atoms with Gasteiger partial charge in [0.15, 0.2) is 0 Å². The summed E-state index contributed by atoms with van der Waals surface area (Å²) in [5, 5.41) is 12.5. The Morgan fingerprint density at radius 3 is 3.00 bits per heavy atom. The lowest BCUT2D eigenvalue weighted by Crippen LogP contribution is -2.38. The van der Waals surface area contributed by atoms with Crippen LogP contribution < -0.4 is 5.32 Å². The number of rotatable bonds is 6. The summed E-state index contributed by atoms with van der Waals surface area (Å²) >= 11 is 0. The van der Waals surface area contributed by atoms with Gasteiger partial charge in [-0.15, -0.1) is 0 Å². The third-order valence-corrected chi connectivity index (χ3v) is 3.00. The Kier molecular flexibility index (Phi) is 5.45. The second-order valence-corrected chi connectivity index (χ2v) is 4.39. The van der Waals surface area contributed by atoms with E-state index < -0.39 is 0 Å². The highest BCUT2D eigenvalue weighted by molar-refractivity contribution is 4.79. The summed E-state index contributed by atoms with van der Waals surface area (Å²) in [6, 6.07) is 0.430. The molecule has 0 aliphatic carbocycles. The van der Waals surface area contributed by atoms with Gasteiger partial charge in [-0.05, 0) is 38.4 Å². The van der Waals surface area contributed by atoms with Crippen molar-refractivity contribution in [3.05, 3.63) is 0 Å². The van der Waals surface area contributed by atoms with Crippen LogP contribution in [0.2, 0.25) is 0 Å². The molecule has 84 valence electrons. The van der Waals surface area contributed by atoms with E-state index in [2.05, 4.69) is 24.1 Å². The van der Waals surface area contributed by atoms with Crippen molar-refractivity contribution >= 4 is 0 Å². The first-order valence-electron chi connectivity index (χ1n) is 5.83. The van der Waals surface area contributed by atoms with Gasteiger partial charge in [0, 0.05) is 12.6 Å². The van der Waals surface area contributed by atoms with E-state index in [4.69, 9.17) is 5.11 Å². The molecule has 14 heavy (non-hydrogen) atoms. The molecule has 0 spiro atoms. The van der Waals surface area contributed by atoms with Crippen LogP contribution in [0.1, 0.15) is 26.7 Å². The molecule has 1 heterocycles. The van der Waals surface area contributed by atoms with Gasteiger partial charge in [0.2, 0.25) is 0 Å². The summed E-state index contributed by atoms with van der Waals surface area (Å²) in [7, 11) is 0. The Labute approximate surface area is 87.5 Å². The Morgan fingerprint density at radius 2 is 2.36 bits per heavy atom. The first-order valence-corrected chi connectivity index (χ1v) is 5.83. The lowest BCUT2D eigenvalue weighted by molar-refractivity contribution is 0.144. The number of aliphatic hydroxyl groups excluding tert-OH is 1. The van der Waals surface area contributed by atoms with Crippen LogP contribution in [0, 0.1) is 5.92 Å². The highest BCUT2D eigenvalue weighted by Gasteiger charge is 2.24. The lowest BCUT2D eigenvalue weighted by atomic mass is 10.1. The number of nitrogens with one attached hydrogen (secondary N) is 1. The summed E-state index contributed by atoms with van der Waals surface area (Å²) < 4.78 is 0. The topological polar surface area (TPSA) is 35.5 Å². The first kappa shape index (κ1) is 12.0. The number of nitrogens with zero attached hydrogens (tertiary/aromatic N) is 1. The van der Waals surface area contributed by atoms with E-state index in [1.807, 2.05) is 0 Å². The molecule has 2 N–H and O–H groups in total. The summed E-state index contributed by atoms with van der Waals surface area (Å²) in [5.41, 5.74) is 0. The van der Waals surface area contributed by atoms with Gasteiger partial charge in [-0.3, -0.25) is 4.90 Å². The molecule has 1 saturated heterocycles. The summed E-state index contributed by atoms with van der Waals surface area (Å²) in [5.74, 6) is 0.682. The highest BCUT2D eigenvalue weighted by Crippen LogP contribution is 2.17. The van der Waals surface area contributed by atoms with E-state index >= 15 is 0 Å². The number of hydrogen-bond acceptors (Lipinski definition) is 3. The predicted molar refractivity (Wildman–Crippen MR) is 59.4 cm³/mol. The van der Waals surface area contributed by atoms with E-state index in [0.29, 0.717) is 18.6 Å². The second-order valence-electron chi connectivity index (χ2n) is 4.39. The van der Waals surface area contributed by atoms with Crippen LogP contribution in [0.4, 0.5) is 0 Å². The SMILES string of the molecule is CCNCC(C)CN1CCCC1CO. The molecule has 0 amide bonds. The second kappa shape index (κ2) is 6.38. The summed E-state index contributed by atoms with van der Waals surface area (Å²) in [6.45, 7) is 9.17. The number of aliphatic hydroxyl groups is 1. The minimum absolute atomic E-state index is 0.327. The Balaban J connectivity index is 2.21. The first-order chi connectivity index (χ1) is 6.77. The molecule has 1 aliphatic rings. The average molecular weight is 200 g/mol. The fraction of sp³-hybridized carbons (Fsp3) is 1.00. The Bertz CT molecular complexity index is 152. The van der Waals surface area contributed by atoms with Crippen molar-refractivity contribution in [2.24, 2.45) is 5.92 Å². The van der Waals surface area contributed by atoms with Crippen molar-refractivity contribution in [1.29, 1.82) is 0 Å². The van der Waals surface area contributed by atoms with Crippen LogP contribution in [0.5, 0.6) is 0 Å². The van der Waals surface area contributed by atoms with Crippen molar-refractivity contribution in [3.63, 3.8) is 0 Å². The van der Waals surface area contributed by atoms with Crippen LogP contribution in [-0.2, 0) is 0 Å². The number of likely N-dealkylation sites (tertiary alicyclic amines) is 1. The van der Waals surface area contributed by atoms with Gasteiger partial charge in [0.1, 0.15) is 0 Å². The standard InChI is InChI=1S/C11H24N2O/c1-3-12-7-10(2)8-13-6-4-5-11(13)9-14/h10-12,14H,3-9H2,1-2H3. The summed E-state index contributed by atoms with van der Waals surface area (Å²) in [4.78, 5) is 2.43. The average Bonchev–Trinajstić information content (AvgIpc) is 2.62. The van der Waals surface area contributed by atoms with Crippen LogP contribution in [0.25, 0.3) is 0 Å². The molecule has 0 radical (unpaired) electrons. The van der Waals surface area contributed by atoms with E-state index in [1.54, 1.807) is 0 Å². The molecule has 2 atom stereocenters. The fourth-order valence-electron chi connectivity index (χ4n) is 2.20. The van der Waals surface area contributed by atoms with Crippen molar-refractivity contribution in [2.45, 2.75) is 32.7 Å². The molecule has 0 aromatic heterocycles. The van der Waals surface area contributed by atoms with E-state index in [0.717, 1.165) is 19.6 Å². The quantitative estimate of drug-likeness (QED) is 0.662. The van der Waals surface area contributed by atoms with Gasteiger partial charge in [-0.25, -0.2) is 0 Å². The van der Waals surface area contributed by atoms with E-state index in [1.165, 1.54) is 19.4 Å². The summed E-state index contributed by atoms with van der Waals surface area (Å²) in [6.07, 6.45) is 2.42. The molecule has 0 bridgehead atoms. The maximum Gasteiger partial charge on any atom is 0.0586 e. The molecule has 3 heteroatoms. The van der Waals surface area contributed by atoms with Crippen molar-refractivity contribution in [2.75, 3.05) is 32.8 Å². The molecule has 1 aliphatic heterocycles. The zero-order chi connectivity index (χ0) is 10.4. The van der Waals surface area contributed by atoms with Crippen LogP contribution in [-0.4, -0.2) is 48.8 Å². The van der Waals surface area contributed by atoms with Crippen molar-refractivity contribution < 1.29 is 5.11 Å². The monoisotopic (exact) mass is 200 g/mol. The molecule has 0 aromatic rings. The van der Waals surface area contributed by atoms with Gasteiger partial charge in [-0.2, -0.15) is 0 Å². The molecule has 3 nitrogen and oxygen atoms in total. The Morgan fingerprint density at radius 1 is 1.57 bits per heavy atom. The smallest absolute Gasteiger partial charge is 0.0586 e. The zero-order valence-electron chi connectivity index (χ0n) is 9.50. The number of hydrogen-bond donors (Lipinski definition) is 2. The maximum atomic E-state index is 9.17. The van der Waals surface area contributed by atoms with Gasteiger partial charge in [0.05, 0.1) is 6.61 Å². The minimum atomic E-state index is 0.327. The van der Waals surface area contributed by atoms with Crippen LogP contribution >= 0.6 is 0 Å². The Hall–Kier alpha value is -0.120. The van der Waals surface area contributed by atoms with E-state index in [9.17, 15) is 0 Å². The fourth-order valence-corrected chi connectivity index (χ4v) is 2.20. The zero-order valence-corrected chi connectivity index (χ0v) is 9.50. The predicted octanol–water partition coefficient (Wildman–Crippen LogP) is 0.689.